The number of benzene rings is 1. The van der Waals surface area contributed by atoms with E-state index in [-0.39, 0.29) is 0 Å². The summed E-state index contributed by atoms with van der Waals surface area (Å²) in [6, 6.07) is 5.38. The van der Waals surface area contributed by atoms with E-state index in [4.69, 9.17) is 14.7 Å². The average molecular weight is 209 g/mol. The van der Waals surface area contributed by atoms with E-state index in [0.29, 0.717) is 23.6 Å². The first-order chi connectivity index (χ1) is 7.26. The third kappa shape index (κ3) is 2.40. The van der Waals surface area contributed by atoms with Gasteiger partial charge in [0.2, 0.25) is 0 Å². The lowest BCUT2D eigenvalue weighted by Crippen LogP contribution is -2.02. The highest BCUT2D eigenvalue weighted by Gasteiger charge is 2.10. The molecule has 0 amide bonds. The van der Waals surface area contributed by atoms with Crippen LogP contribution < -0.4 is 9.47 Å². The monoisotopic (exact) mass is 209 g/mol. The van der Waals surface area contributed by atoms with Crippen molar-refractivity contribution in [3.63, 3.8) is 0 Å². The average Bonchev–Trinajstić information content (AvgIpc) is 2.31. The molecule has 0 aliphatic carbocycles. The molecule has 15 heavy (non-hydrogen) atoms. The predicted molar refractivity (Wildman–Crippen MR) is 58.2 cm³/mol. The molecule has 0 bridgehead atoms. The Balaban J connectivity index is 3.18. The van der Waals surface area contributed by atoms with E-state index in [1.54, 1.807) is 26.4 Å². The molecule has 1 aromatic carbocycles. The van der Waals surface area contributed by atoms with Gasteiger partial charge in [-0.25, -0.2) is 0 Å². The van der Waals surface area contributed by atoms with E-state index in [1.807, 2.05) is 13.0 Å². The Morgan fingerprint density at radius 1 is 1.33 bits per heavy atom. The summed E-state index contributed by atoms with van der Waals surface area (Å²) in [5.74, 6) is 1.35. The molecule has 1 rings (SSSR count). The maximum absolute atomic E-state index is 8.83. The lowest BCUT2D eigenvalue weighted by Gasteiger charge is -2.10. The topological polar surface area (TPSA) is 51.1 Å². The third-order valence-corrected chi connectivity index (χ3v) is 2.18. The molecule has 0 spiro atoms. The second-order valence-electron chi connectivity index (χ2n) is 2.97. The van der Waals surface area contributed by atoms with Gasteiger partial charge in [-0.1, -0.05) is 12.1 Å². The fraction of sp³-hybridized carbons (Fsp3) is 0.364. The van der Waals surface area contributed by atoms with Crippen LogP contribution in [0.25, 0.3) is 0 Å². The molecule has 0 fully saturated rings. The number of nitrogens with zero attached hydrogens (tertiary/aromatic N) is 1. The fourth-order valence-electron chi connectivity index (χ4n) is 1.35. The van der Waals surface area contributed by atoms with Gasteiger partial charge in [0, 0.05) is 11.6 Å². The fourth-order valence-corrected chi connectivity index (χ4v) is 1.35. The Hall–Kier alpha value is -1.71. The van der Waals surface area contributed by atoms with Crippen LogP contribution in [0.15, 0.2) is 23.4 Å². The van der Waals surface area contributed by atoms with E-state index in [9.17, 15) is 0 Å². The molecule has 0 radical (unpaired) electrons. The third-order valence-electron chi connectivity index (χ3n) is 2.18. The summed E-state index contributed by atoms with van der Waals surface area (Å²) >= 11 is 0. The molecule has 4 nitrogen and oxygen atoms in total. The predicted octanol–water partition coefficient (Wildman–Crippen LogP) is 2.29. The Bertz CT molecular complexity index is 361. The highest BCUT2D eigenvalue weighted by Crippen LogP contribution is 2.25. The molecule has 0 saturated carbocycles. The molecule has 0 saturated heterocycles. The van der Waals surface area contributed by atoms with Gasteiger partial charge in [-0.2, -0.15) is 0 Å². The molecule has 0 aliphatic rings. The van der Waals surface area contributed by atoms with Crippen molar-refractivity contribution >= 4 is 5.71 Å². The van der Waals surface area contributed by atoms with E-state index in [1.165, 1.54) is 0 Å². The summed E-state index contributed by atoms with van der Waals surface area (Å²) in [5.41, 5.74) is 1.37. The quantitative estimate of drug-likeness (QED) is 0.470. The summed E-state index contributed by atoms with van der Waals surface area (Å²) in [6.07, 6.45) is 0.638. The summed E-state index contributed by atoms with van der Waals surface area (Å²) in [5, 5.41) is 12.1. The lowest BCUT2D eigenvalue weighted by atomic mass is 10.1. The summed E-state index contributed by atoms with van der Waals surface area (Å²) in [4.78, 5) is 0. The van der Waals surface area contributed by atoms with Crippen molar-refractivity contribution in [1.29, 1.82) is 0 Å². The van der Waals surface area contributed by atoms with Crippen molar-refractivity contribution in [3.05, 3.63) is 23.8 Å². The zero-order chi connectivity index (χ0) is 11.3. The van der Waals surface area contributed by atoms with Gasteiger partial charge in [-0.05, 0) is 18.6 Å². The summed E-state index contributed by atoms with van der Waals surface area (Å²) in [7, 11) is 3.16. The van der Waals surface area contributed by atoms with Crippen LogP contribution in [-0.4, -0.2) is 25.1 Å². The Labute approximate surface area is 89.1 Å². The molecule has 0 heterocycles. The van der Waals surface area contributed by atoms with Crippen molar-refractivity contribution in [2.45, 2.75) is 13.3 Å². The van der Waals surface area contributed by atoms with Crippen LogP contribution in [0.1, 0.15) is 18.9 Å². The van der Waals surface area contributed by atoms with Crippen molar-refractivity contribution in [1.82, 2.24) is 0 Å². The molecule has 0 atom stereocenters. The molecular weight excluding hydrogens is 194 g/mol. The molecule has 0 aliphatic heterocycles. The van der Waals surface area contributed by atoms with Crippen LogP contribution in [0.4, 0.5) is 0 Å². The normalized spacial score (nSPS) is 11.3. The summed E-state index contributed by atoms with van der Waals surface area (Å²) in [6.45, 7) is 1.92. The maximum atomic E-state index is 8.83. The standard InChI is InChI=1S/C11H15NO3/c1-4-10(12-13)9-6-5-8(14-2)7-11(9)15-3/h5-7,13H,4H2,1-3H3/b12-10+. The van der Waals surface area contributed by atoms with Crippen LogP contribution in [0, 0.1) is 0 Å². The molecule has 4 heteroatoms. The van der Waals surface area contributed by atoms with E-state index < -0.39 is 0 Å². The number of ether oxygens (including phenoxy) is 2. The van der Waals surface area contributed by atoms with Gasteiger partial charge < -0.3 is 14.7 Å². The van der Waals surface area contributed by atoms with Crippen LogP contribution in [-0.2, 0) is 0 Å². The number of rotatable bonds is 4. The lowest BCUT2D eigenvalue weighted by molar-refractivity contribution is 0.317. The van der Waals surface area contributed by atoms with Gasteiger partial charge >= 0.3 is 0 Å². The zero-order valence-electron chi connectivity index (χ0n) is 9.15. The van der Waals surface area contributed by atoms with Gasteiger partial charge in [0.25, 0.3) is 0 Å². The number of hydrogen-bond donors (Lipinski definition) is 1. The van der Waals surface area contributed by atoms with E-state index in [2.05, 4.69) is 5.16 Å². The van der Waals surface area contributed by atoms with Crippen molar-refractivity contribution < 1.29 is 14.7 Å². The Kier molecular flexibility index (Phi) is 3.97. The SMILES string of the molecule is CC/C(=N\O)c1ccc(OC)cc1OC. The van der Waals surface area contributed by atoms with Crippen molar-refractivity contribution in [2.24, 2.45) is 5.16 Å². The minimum Gasteiger partial charge on any atom is -0.497 e. The van der Waals surface area contributed by atoms with Crippen LogP contribution in [0.2, 0.25) is 0 Å². The van der Waals surface area contributed by atoms with Crippen LogP contribution in [0.3, 0.4) is 0 Å². The minimum atomic E-state index is 0.592. The zero-order valence-corrected chi connectivity index (χ0v) is 9.15. The molecule has 1 aromatic rings. The molecule has 0 unspecified atom stereocenters. The Morgan fingerprint density at radius 2 is 2.07 bits per heavy atom. The van der Waals surface area contributed by atoms with Crippen molar-refractivity contribution in [2.75, 3.05) is 14.2 Å². The maximum Gasteiger partial charge on any atom is 0.131 e. The van der Waals surface area contributed by atoms with Crippen molar-refractivity contribution in [3.8, 4) is 11.5 Å². The van der Waals surface area contributed by atoms with Crippen LogP contribution in [0.5, 0.6) is 11.5 Å². The first kappa shape index (κ1) is 11.4. The Morgan fingerprint density at radius 3 is 2.53 bits per heavy atom. The number of hydrogen-bond acceptors (Lipinski definition) is 4. The number of methoxy groups -OCH3 is 2. The minimum absolute atomic E-state index is 0.592. The van der Waals surface area contributed by atoms with Gasteiger partial charge in [0.15, 0.2) is 0 Å². The molecule has 1 N–H and O–H groups in total. The highest BCUT2D eigenvalue weighted by atomic mass is 16.5. The van der Waals surface area contributed by atoms with Gasteiger partial charge in [-0.3, -0.25) is 0 Å². The smallest absolute Gasteiger partial charge is 0.131 e. The number of oxime groups is 1. The largest absolute Gasteiger partial charge is 0.497 e. The molecule has 82 valence electrons. The van der Waals surface area contributed by atoms with Crippen LogP contribution >= 0.6 is 0 Å². The first-order valence-electron chi connectivity index (χ1n) is 4.70. The highest BCUT2D eigenvalue weighted by molar-refractivity contribution is 6.02. The van der Waals surface area contributed by atoms with Gasteiger partial charge in [0.05, 0.1) is 19.9 Å². The van der Waals surface area contributed by atoms with Gasteiger partial charge in [0.1, 0.15) is 11.5 Å². The van der Waals surface area contributed by atoms with Gasteiger partial charge in [-0.15, -0.1) is 0 Å². The first-order valence-corrected chi connectivity index (χ1v) is 4.70. The molecule has 0 aromatic heterocycles. The second kappa shape index (κ2) is 5.24. The molecular formula is C11H15NO3. The summed E-state index contributed by atoms with van der Waals surface area (Å²) < 4.78 is 10.3. The van der Waals surface area contributed by atoms with E-state index in [0.717, 1.165) is 5.56 Å². The van der Waals surface area contributed by atoms with E-state index >= 15 is 0 Å². The second-order valence-corrected chi connectivity index (χ2v) is 2.97.